The smallest absolute Gasteiger partial charge is 0.459 e. The van der Waals surface area contributed by atoms with E-state index in [9.17, 15) is 18.9 Å². The maximum absolute atomic E-state index is 14.2. The predicted octanol–water partition coefficient (Wildman–Crippen LogP) is 3.43. The molecule has 0 amide bonds. The number of hydrogen-bond donors (Lipinski definition) is 3. The topological polar surface area (TPSA) is 164 Å². The minimum Gasteiger partial charge on any atom is -0.480 e. The number of halogens is 2. The van der Waals surface area contributed by atoms with Gasteiger partial charge in [0.05, 0.1) is 20.0 Å². The van der Waals surface area contributed by atoms with E-state index in [1.807, 2.05) is 4.57 Å². The molecule has 2 aromatic heterocycles. The summed E-state index contributed by atoms with van der Waals surface area (Å²) >= 11 is 5.74. The number of carbonyl (C=O) groups is 1. The zero-order valence-corrected chi connectivity index (χ0v) is 20.4. The molecule has 15 heteroatoms. The van der Waals surface area contributed by atoms with Gasteiger partial charge in [0.2, 0.25) is 11.8 Å². The Morgan fingerprint density at radius 3 is 2.83 bits per heavy atom. The average molecular weight is 529 g/mol. The van der Waals surface area contributed by atoms with Crippen LogP contribution in [0.3, 0.4) is 0 Å². The standard InChI is InChI=1S/C20H23ClFN6O6P/c1-10(19(29)30)27-35(31,34-15-4-3-12(21)7-14(15)22)33-8-11-5-13(6-11)28-9-24-16-17(28)25-20(23)26-18(16)32-2/h3-4,7,9-11,13H,5-6,8H2,1-2H3,(H,27,31)(H,29,30)(H2,23,25,26)/t10-,11-,13+,35?/m0/s1. The molecule has 0 bridgehead atoms. The van der Waals surface area contributed by atoms with E-state index in [1.54, 1.807) is 6.33 Å². The number of rotatable bonds is 10. The van der Waals surface area contributed by atoms with Gasteiger partial charge in [-0.15, -0.1) is 0 Å². The number of benzene rings is 1. The summed E-state index contributed by atoms with van der Waals surface area (Å²) in [5.41, 5.74) is 6.78. The van der Waals surface area contributed by atoms with E-state index >= 15 is 0 Å². The van der Waals surface area contributed by atoms with Gasteiger partial charge in [0.25, 0.3) is 0 Å². The number of nitrogens with two attached hydrogens (primary N) is 1. The number of ether oxygens (including phenoxy) is 1. The molecule has 1 aliphatic rings. The fourth-order valence-electron chi connectivity index (χ4n) is 3.64. The summed E-state index contributed by atoms with van der Waals surface area (Å²) in [7, 11) is -2.78. The largest absolute Gasteiger partial charge is 0.480 e. The molecule has 4 N–H and O–H groups in total. The van der Waals surface area contributed by atoms with E-state index in [4.69, 9.17) is 31.1 Å². The highest BCUT2D eigenvalue weighted by molar-refractivity contribution is 7.52. The van der Waals surface area contributed by atoms with Crippen LogP contribution in [0, 0.1) is 11.7 Å². The molecule has 3 aromatic rings. The molecule has 35 heavy (non-hydrogen) atoms. The van der Waals surface area contributed by atoms with E-state index in [0.717, 1.165) is 6.07 Å². The Morgan fingerprint density at radius 1 is 1.43 bits per heavy atom. The van der Waals surface area contributed by atoms with Gasteiger partial charge < -0.3 is 24.7 Å². The minimum absolute atomic E-state index is 0.0185. The highest BCUT2D eigenvalue weighted by Crippen LogP contribution is 2.48. The second-order valence-electron chi connectivity index (χ2n) is 8.05. The average Bonchev–Trinajstić information content (AvgIpc) is 3.17. The molecule has 0 radical (unpaired) electrons. The van der Waals surface area contributed by atoms with Gasteiger partial charge in [-0.25, -0.2) is 13.9 Å². The van der Waals surface area contributed by atoms with Crippen molar-refractivity contribution in [2.45, 2.75) is 31.8 Å². The third-order valence-electron chi connectivity index (χ3n) is 5.52. The van der Waals surface area contributed by atoms with Gasteiger partial charge >= 0.3 is 13.7 Å². The Labute approximate surface area is 204 Å². The lowest BCUT2D eigenvalue weighted by Gasteiger charge is -2.36. The quantitative estimate of drug-likeness (QED) is 0.330. The van der Waals surface area contributed by atoms with Crippen LogP contribution < -0.4 is 20.1 Å². The molecule has 1 saturated carbocycles. The summed E-state index contributed by atoms with van der Waals surface area (Å²) in [6.45, 7) is 1.25. The lowest BCUT2D eigenvalue weighted by Crippen LogP contribution is -2.35. The van der Waals surface area contributed by atoms with Gasteiger partial charge in [0, 0.05) is 11.1 Å². The second-order valence-corrected chi connectivity index (χ2v) is 10.2. The van der Waals surface area contributed by atoms with Crippen LogP contribution in [0.4, 0.5) is 10.3 Å². The molecule has 1 fully saturated rings. The molecule has 1 aliphatic carbocycles. The number of aliphatic carboxylic acids is 1. The van der Waals surface area contributed by atoms with Crippen molar-refractivity contribution >= 4 is 42.4 Å². The number of nitrogen functional groups attached to an aromatic ring is 1. The fraction of sp³-hybridized carbons (Fsp3) is 0.400. The van der Waals surface area contributed by atoms with E-state index in [2.05, 4.69) is 20.0 Å². The summed E-state index contributed by atoms with van der Waals surface area (Å²) in [5.74, 6) is -2.23. The number of anilines is 1. The van der Waals surface area contributed by atoms with Crippen molar-refractivity contribution in [3.8, 4) is 11.6 Å². The molecule has 4 rings (SSSR count). The van der Waals surface area contributed by atoms with Crippen molar-refractivity contribution in [3.05, 3.63) is 35.4 Å². The van der Waals surface area contributed by atoms with Crippen molar-refractivity contribution in [3.63, 3.8) is 0 Å². The highest BCUT2D eigenvalue weighted by Gasteiger charge is 2.37. The summed E-state index contributed by atoms with van der Waals surface area (Å²) in [4.78, 5) is 23.8. The Kier molecular flexibility index (Phi) is 7.13. The van der Waals surface area contributed by atoms with Gasteiger partial charge in [0.15, 0.2) is 22.7 Å². The molecule has 188 valence electrons. The van der Waals surface area contributed by atoms with Crippen molar-refractivity contribution in [1.82, 2.24) is 24.6 Å². The Balaban J connectivity index is 1.44. The zero-order chi connectivity index (χ0) is 25.3. The van der Waals surface area contributed by atoms with Crippen LogP contribution in [0.5, 0.6) is 11.6 Å². The summed E-state index contributed by atoms with van der Waals surface area (Å²) in [5, 5.41) is 11.6. The molecule has 1 aromatic carbocycles. The molecule has 1 unspecified atom stereocenters. The normalized spacial score (nSPS) is 20.1. The number of methoxy groups -OCH3 is 1. The Morgan fingerprint density at radius 2 is 2.17 bits per heavy atom. The lowest BCUT2D eigenvalue weighted by atomic mass is 9.81. The van der Waals surface area contributed by atoms with Crippen molar-refractivity contribution in [1.29, 1.82) is 0 Å². The van der Waals surface area contributed by atoms with Gasteiger partial charge in [0.1, 0.15) is 6.04 Å². The number of nitrogens with zero attached hydrogens (tertiary/aromatic N) is 4. The first-order valence-corrected chi connectivity index (χ1v) is 12.4. The molecule has 12 nitrogen and oxygen atoms in total. The van der Waals surface area contributed by atoms with Gasteiger partial charge in [-0.2, -0.15) is 15.1 Å². The third-order valence-corrected chi connectivity index (χ3v) is 7.38. The number of carboxylic acid groups (broad SMARTS) is 1. The maximum atomic E-state index is 14.2. The first kappa shape index (κ1) is 25.1. The highest BCUT2D eigenvalue weighted by atomic mass is 35.5. The van der Waals surface area contributed by atoms with Crippen LogP contribution >= 0.6 is 19.3 Å². The van der Waals surface area contributed by atoms with Gasteiger partial charge in [-0.1, -0.05) is 11.6 Å². The fourth-order valence-corrected chi connectivity index (χ4v) is 5.38. The maximum Gasteiger partial charge on any atom is 0.459 e. The lowest BCUT2D eigenvalue weighted by molar-refractivity contribution is -0.138. The molecule has 0 saturated heterocycles. The van der Waals surface area contributed by atoms with Gasteiger partial charge in [-0.05, 0) is 43.9 Å². The summed E-state index contributed by atoms with van der Waals surface area (Å²) in [6, 6.07) is 2.27. The van der Waals surface area contributed by atoms with Crippen molar-refractivity contribution < 1.29 is 32.6 Å². The Bertz CT molecular complexity index is 1300. The number of imidazole rings is 1. The first-order chi connectivity index (χ1) is 16.6. The Hall–Kier alpha value is -2.99. The van der Waals surface area contributed by atoms with E-state index in [1.165, 1.54) is 26.2 Å². The predicted molar refractivity (Wildman–Crippen MR) is 124 cm³/mol. The molecule has 2 heterocycles. The molecule has 0 spiro atoms. The summed E-state index contributed by atoms with van der Waals surface area (Å²) in [6.07, 6.45) is 2.87. The first-order valence-electron chi connectivity index (χ1n) is 10.5. The van der Waals surface area contributed by atoms with Crippen molar-refractivity contribution in [2.24, 2.45) is 5.92 Å². The van der Waals surface area contributed by atoms with Gasteiger partial charge in [-0.3, -0.25) is 9.32 Å². The van der Waals surface area contributed by atoms with Crippen LogP contribution in [-0.4, -0.2) is 50.4 Å². The van der Waals surface area contributed by atoms with E-state index in [-0.39, 0.29) is 41.2 Å². The molecular formula is C20H23ClFN6O6P. The van der Waals surface area contributed by atoms with Crippen LogP contribution in [0.1, 0.15) is 25.8 Å². The van der Waals surface area contributed by atoms with Crippen LogP contribution in [-0.2, 0) is 13.9 Å². The van der Waals surface area contributed by atoms with Crippen LogP contribution in [0.2, 0.25) is 5.02 Å². The van der Waals surface area contributed by atoms with Crippen molar-refractivity contribution in [2.75, 3.05) is 19.5 Å². The third kappa shape index (κ3) is 5.48. The number of hydrogen-bond acceptors (Lipinski definition) is 9. The second kappa shape index (κ2) is 9.94. The number of carboxylic acids is 1. The summed E-state index contributed by atoms with van der Waals surface area (Å²) < 4.78 is 45.4. The number of fused-ring (bicyclic) bond motifs is 1. The van der Waals surface area contributed by atoms with E-state index < -0.39 is 25.6 Å². The SMILES string of the molecule is COc1nc(N)nc2c1ncn2[C@H]1C[C@@H](COP(=O)(N[C@@H](C)C(=O)O)Oc2ccc(Cl)cc2F)C1. The molecule has 2 atom stereocenters. The monoisotopic (exact) mass is 528 g/mol. The van der Waals surface area contributed by atoms with Crippen LogP contribution in [0.25, 0.3) is 11.2 Å². The zero-order valence-electron chi connectivity index (χ0n) is 18.7. The van der Waals surface area contributed by atoms with Crippen LogP contribution in [0.15, 0.2) is 24.5 Å². The van der Waals surface area contributed by atoms with E-state index in [0.29, 0.717) is 24.0 Å². The number of aromatic nitrogens is 4. The molecule has 0 aliphatic heterocycles. The minimum atomic E-state index is -4.25. The molecular weight excluding hydrogens is 506 g/mol. The number of nitrogens with one attached hydrogen (secondary N) is 1.